The minimum absolute atomic E-state index is 0.647. The van der Waals surface area contributed by atoms with Gasteiger partial charge < -0.3 is 9.88 Å². The Hall–Kier alpha value is -0.990. The molecule has 2 fully saturated rings. The first-order chi connectivity index (χ1) is 7.72. The molecule has 0 saturated heterocycles. The molecule has 1 heterocycles. The maximum atomic E-state index is 4.61. The second-order valence-corrected chi connectivity index (χ2v) is 5.60. The van der Waals surface area contributed by atoms with Gasteiger partial charge in [0.1, 0.15) is 0 Å². The molecule has 2 atom stereocenters. The largest absolute Gasteiger partial charge is 0.353 e. The number of hydrogen-bond acceptors (Lipinski definition) is 2. The quantitative estimate of drug-likeness (QED) is 0.846. The molecule has 0 radical (unpaired) electrons. The summed E-state index contributed by atoms with van der Waals surface area (Å²) in [7, 11) is 0. The van der Waals surface area contributed by atoms with Gasteiger partial charge in [0.05, 0.1) is 5.69 Å². The lowest BCUT2D eigenvalue weighted by Crippen LogP contribution is -2.18. The number of nitrogens with zero attached hydrogens (tertiary/aromatic N) is 2. The molecule has 88 valence electrons. The van der Waals surface area contributed by atoms with Gasteiger partial charge in [-0.1, -0.05) is 6.92 Å². The average Bonchev–Trinajstić information content (AvgIpc) is 2.91. The predicted octanol–water partition coefficient (Wildman–Crippen LogP) is 3.13. The van der Waals surface area contributed by atoms with Crippen LogP contribution in [0.2, 0.25) is 0 Å². The van der Waals surface area contributed by atoms with Crippen molar-refractivity contribution in [2.45, 2.75) is 58.0 Å². The smallest absolute Gasteiger partial charge is 0.203 e. The second kappa shape index (κ2) is 3.79. The molecule has 0 amide bonds. The van der Waals surface area contributed by atoms with E-state index in [1.165, 1.54) is 32.1 Å². The number of imidazole rings is 1. The summed E-state index contributed by atoms with van der Waals surface area (Å²) in [5, 5.41) is 3.63. The van der Waals surface area contributed by atoms with E-state index in [0.717, 1.165) is 23.6 Å². The summed E-state index contributed by atoms with van der Waals surface area (Å²) in [6.07, 6.45) is 8.81. The van der Waals surface area contributed by atoms with Gasteiger partial charge in [-0.3, -0.25) is 0 Å². The van der Waals surface area contributed by atoms with Crippen LogP contribution >= 0.6 is 0 Å². The van der Waals surface area contributed by atoms with E-state index in [2.05, 4.69) is 34.9 Å². The van der Waals surface area contributed by atoms with E-state index in [1.54, 1.807) is 0 Å². The third-order valence-electron chi connectivity index (χ3n) is 3.82. The molecular weight excluding hydrogens is 198 g/mol. The van der Waals surface area contributed by atoms with Crippen LogP contribution < -0.4 is 5.32 Å². The van der Waals surface area contributed by atoms with Crippen LogP contribution in [0, 0.1) is 12.8 Å². The molecule has 3 rings (SSSR count). The highest BCUT2D eigenvalue weighted by Crippen LogP contribution is 2.38. The molecular formula is C13H21N3. The van der Waals surface area contributed by atoms with Crippen molar-refractivity contribution in [3.8, 4) is 0 Å². The molecule has 3 nitrogen and oxygen atoms in total. The van der Waals surface area contributed by atoms with Gasteiger partial charge in [-0.05, 0) is 44.9 Å². The second-order valence-electron chi connectivity index (χ2n) is 5.60. The summed E-state index contributed by atoms with van der Waals surface area (Å²) in [4.78, 5) is 4.61. The zero-order chi connectivity index (χ0) is 11.1. The van der Waals surface area contributed by atoms with E-state index >= 15 is 0 Å². The van der Waals surface area contributed by atoms with Gasteiger partial charge in [0.25, 0.3) is 0 Å². The van der Waals surface area contributed by atoms with E-state index in [1.807, 2.05) is 0 Å². The number of aromatic nitrogens is 2. The van der Waals surface area contributed by atoms with Gasteiger partial charge in [-0.15, -0.1) is 0 Å². The summed E-state index contributed by atoms with van der Waals surface area (Å²) in [6.45, 7) is 4.43. The Labute approximate surface area is 97.3 Å². The van der Waals surface area contributed by atoms with Crippen LogP contribution in [0.1, 0.15) is 50.8 Å². The first-order valence-corrected chi connectivity index (χ1v) is 6.54. The van der Waals surface area contributed by atoms with Crippen LogP contribution in [0.3, 0.4) is 0 Å². The third-order valence-corrected chi connectivity index (χ3v) is 3.82. The molecule has 2 aliphatic carbocycles. The molecule has 0 aromatic carbocycles. The SMILES string of the molecule is Cc1cn(C2CC2)c(NC2CCC(C)C2)n1. The van der Waals surface area contributed by atoms with E-state index in [4.69, 9.17) is 0 Å². The van der Waals surface area contributed by atoms with Gasteiger partial charge in [-0.25, -0.2) is 4.98 Å². The van der Waals surface area contributed by atoms with Gasteiger partial charge in [-0.2, -0.15) is 0 Å². The minimum Gasteiger partial charge on any atom is -0.353 e. The van der Waals surface area contributed by atoms with Gasteiger partial charge in [0, 0.05) is 18.3 Å². The Morgan fingerprint density at radius 2 is 2.12 bits per heavy atom. The van der Waals surface area contributed by atoms with E-state index in [9.17, 15) is 0 Å². The molecule has 0 spiro atoms. The van der Waals surface area contributed by atoms with Crippen molar-refractivity contribution < 1.29 is 0 Å². The predicted molar refractivity (Wildman–Crippen MR) is 65.7 cm³/mol. The van der Waals surface area contributed by atoms with Crippen molar-refractivity contribution >= 4 is 5.95 Å². The van der Waals surface area contributed by atoms with E-state index in [-0.39, 0.29) is 0 Å². The molecule has 2 saturated carbocycles. The summed E-state index contributed by atoms with van der Waals surface area (Å²) in [5.74, 6) is 1.99. The number of rotatable bonds is 3. The highest BCUT2D eigenvalue weighted by molar-refractivity contribution is 5.32. The van der Waals surface area contributed by atoms with Gasteiger partial charge >= 0.3 is 0 Å². The fourth-order valence-electron chi connectivity index (χ4n) is 2.77. The number of hydrogen-bond donors (Lipinski definition) is 1. The van der Waals surface area contributed by atoms with Crippen molar-refractivity contribution in [3.05, 3.63) is 11.9 Å². The lowest BCUT2D eigenvalue weighted by molar-refractivity contribution is 0.600. The number of aryl methyl sites for hydroxylation is 1. The summed E-state index contributed by atoms with van der Waals surface area (Å²) in [6, 6.07) is 1.37. The highest BCUT2D eigenvalue weighted by atomic mass is 15.2. The van der Waals surface area contributed by atoms with Crippen molar-refractivity contribution in [3.63, 3.8) is 0 Å². The Morgan fingerprint density at radius 1 is 1.31 bits per heavy atom. The average molecular weight is 219 g/mol. The highest BCUT2D eigenvalue weighted by Gasteiger charge is 2.28. The lowest BCUT2D eigenvalue weighted by atomic mass is 10.1. The summed E-state index contributed by atoms with van der Waals surface area (Å²) in [5.41, 5.74) is 1.14. The number of anilines is 1. The Kier molecular flexibility index (Phi) is 2.41. The number of nitrogens with one attached hydrogen (secondary N) is 1. The maximum absolute atomic E-state index is 4.61. The molecule has 0 aliphatic heterocycles. The van der Waals surface area contributed by atoms with Crippen LogP contribution in [-0.2, 0) is 0 Å². The lowest BCUT2D eigenvalue weighted by Gasteiger charge is -2.14. The van der Waals surface area contributed by atoms with Crippen molar-refractivity contribution in [2.75, 3.05) is 5.32 Å². The molecule has 0 bridgehead atoms. The van der Waals surface area contributed by atoms with Gasteiger partial charge in [0.2, 0.25) is 5.95 Å². The molecule has 2 unspecified atom stereocenters. The molecule has 1 aromatic rings. The monoisotopic (exact) mass is 219 g/mol. The minimum atomic E-state index is 0.647. The summed E-state index contributed by atoms with van der Waals surface area (Å²) < 4.78 is 2.35. The molecule has 2 aliphatic rings. The fourth-order valence-corrected chi connectivity index (χ4v) is 2.77. The van der Waals surface area contributed by atoms with E-state index in [0.29, 0.717) is 6.04 Å². The topological polar surface area (TPSA) is 29.9 Å². The first kappa shape index (κ1) is 10.2. The molecule has 3 heteroatoms. The maximum Gasteiger partial charge on any atom is 0.203 e. The van der Waals surface area contributed by atoms with Crippen LogP contribution in [0.5, 0.6) is 0 Å². The zero-order valence-electron chi connectivity index (χ0n) is 10.2. The Bertz CT molecular complexity index is 379. The molecule has 1 N–H and O–H groups in total. The zero-order valence-corrected chi connectivity index (χ0v) is 10.2. The third kappa shape index (κ3) is 1.95. The first-order valence-electron chi connectivity index (χ1n) is 6.54. The van der Waals surface area contributed by atoms with Crippen molar-refractivity contribution in [2.24, 2.45) is 5.92 Å². The fraction of sp³-hybridized carbons (Fsp3) is 0.769. The van der Waals surface area contributed by atoms with Crippen LogP contribution in [0.4, 0.5) is 5.95 Å². The standard InChI is InChI=1S/C13H21N3/c1-9-3-4-11(7-9)15-13-14-10(2)8-16(13)12-5-6-12/h8-9,11-12H,3-7H2,1-2H3,(H,14,15). The molecule has 16 heavy (non-hydrogen) atoms. The van der Waals surface area contributed by atoms with Crippen molar-refractivity contribution in [1.29, 1.82) is 0 Å². The Balaban J connectivity index is 1.73. The normalized spacial score (nSPS) is 29.6. The van der Waals surface area contributed by atoms with E-state index < -0.39 is 0 Å². The van der Waals surface area contributed by atoms with Crippen molar-refractivity contribution in [1.82, 2.24) is 9.55 Å². The van der Waals surface area contributed by atoms with Crippen LogP contribution in [0.15, 0.2) is 6.20 Å². The summed E-state index contributed by atoms with van der Waals surface area (Å²) >= 11 is 0. The van der Waals surface area contributed by atoms with Gasteiger partial charge in [0.15, 0.2) is 0 Å². The van der Waals surface area contributed by atoms with Crippen LogP contribution in [0.25, 0.3) is 0 Å². The molecule has 1 aromatic heterocycles. The Morgan fingerprint density at radius 3 is 2.75 bits per heavy atom. The van der Waals surface area contributed by atoms with Crippen LogP contribution in [-0.4, -0.2) is 15.6 Å².